The molecule has 1 rings (SSSR count). The van der Waals surface area contributed by atoms with Gasteiger partial charge in [-0.3, -0.25) is 0 Å². The van der Waals surface area contributed by atoms with Crippen LogP contribution in [0.1, 0.15) is 11.9 Å². The molecule has 78 valence electrons. The Morgan fingerprint density at radius 3 is 2.29 bits per heavy atom. The van der Waals surface area contributed by atoms with E-state index in [0.717, 1.165) is 0 Å². The molecular formula is C10H14O4. The third-order valence-corrected chi connectivity index (χ3v) is 1.93. The average molecular weight is 198 g/mol. The first kappa shape index (κ1) is 10.8. The average Bonchev–Trinajstić information content (AvgIpc) is 2.22. The number of aromatic hydroxyl groups is 1. The van der Waals surface area contributed by atoms with E-state index < -0.39 is 6.29 Å². The van der Waals surface area contributed by atoms with Gasteiger partial charge in [-0.15, -0.1) is 0 Å². The predicted molar refractivity (Wildman–Crippen MR) is 51.4 cm³/mol. The van der Waals surface area contributed by atoms with Crippen molar-refractivity contribution in [2.24, 2.45) is 0 Å². The summed E-state index contributed by atoms with van der Waals surface area (Å²) in [6.07, 6.45) is -0.579. The molecule has 0 amide bonds. The number of hydrogen-bond donors (Lipinski definition) is 1. The van der Waals surface area contributed by atoms with Crippen molar-refractivity contribution >= 4 is 0 Å². The molecule has 4 nitrogen and oxygen atoms in total. The van der Waals surface area contributed by atoms with E-state index in [4.69, 9.17) is 14.2 Å². The van der Waals surface area contributed by atoms with Gasteiger partial charge in [0.2, 0.25) is 0 Å². The summed E-state index contributed by atoms with van der Waals surface area (Å²) >= 11 is 0. The van der Waals surface area contributed by atoms with Gasteiger partial charge in [0.15, 0.2) is 17.8 Å². The summed E-state index contributed by atoms with van der Waals surface area (Å²) in [6, 6.07) is 5.15. The maximum absolute atomic E-state index is 9.74. The van der Waals surface area contributed by atoms with Gasteiger partial charge < -0.3 is 19.3 Å². The molecule has 0 spiro atoms. The van der Waals surface area contributed by atoms with Crippen LogP contribution in [0.3, 0.4) is 0 Å². The third-order valence-electron chi connectivity index (χ3n) is 1.93. The smallest absolute Gasteiger partial charge is 0.186 e. The topological polar surface area (TPSA) is 47.9 Å². The molecule has 0 saturated heterocycles. The molecule has 1 N–H and O–H groups in total. The van der Waals surface area contributed by atoms with Crippen molar-refractivity contribution in [2.75, 3.05) is 21.3 Å². The van der Waals surface area contributed by atoms with E-state index in [1.54, 1.807) is 18.2 Å². The fourth-order valence-corrected chi connectivity index (χ4v) is 1.24. The second-order valence-electron chi connectivity index (χ2n) is 2.70. The number of rotatable bonds is 4. The summed E-state index contributed by atoms with van der Waals surface area (Å²) in [5.41, 5.74) is 0.550. The highest BCUT2D eigenvalue weighted by Crippen LogP contribution is 2.34. The Labute approximate surface area is 83.0 Å². The number of para-hydroxylation sites is 1. The maximum Gasteiger partial charge on any atom is 0.186 e. The Morgan fingerprint density at radius 2 is 1.79 bits per heavy atom. The molecule has 0 fully saturated rings. The van der Waals surface area contributed by atoms with Crippen LogP contribution in [0, 0.1) is 0 Å². The molecule has 0 unspecified atom stereocenters. The molecule has 4 heteroatoms. The summed E-state index contributed by atoms with van der Waals surface area (Å²) < 4.78 is 15.0. The molecule has 0 bridgehead atoms. The van der Waals surface area contributed by atoms with Crippen molar-refractivity contribution in [3.63, 3.8) is 0 Å². The fourth-order valence-electron chi connectivity index (χ4n) is 1.24. The standard InChI is InChI=1S/C10H14O4/c1-12-8-6-4-5-7(9(8)11)10(13-2)14-3/h4-6,10-11H,1-3H3. The van der Waals surface area contributed by atoms with Crippen LogP contribution in [-0.2, 0) is 9.47 Å². The van der Waals surface area contributed by atoms with Gasteiger partial charge in [0.05, 0.1) is 12.7 Å². The van der Waals surface area contributed by atoms with Crippen LogP contribution in [0.4, 0.5) is 0 Å². The van der Waals surface area contributed by atoms with Crippen LogP contribution in [0.2, 0.25) is 0 Å². The van der Waals surface area contributed by atoms with Gasteiger partial charge in [-0.25, -0.2) is 0 Å². The van der Waals surface area contributed by atoms with E-state index in [9.17, 15) is 5.11 Å². The van der Waals surface area contributed by atoms with Gasteiger partial charge in [0.25, 0.3) is 0 Å². The highest BCUT2D eigenvalue weighted by atomic mass is 16.7. The quantitative estimate of drug-likeness (QED) is 0.748. The fraction of sp³-hybridized carbons (Fsp3) is 0.400. The molecule has 0 atom stereocenters. The molecule has 0 radical (unpaired) electrons. The number of methoxy groups -OCH3 is 3. The number of ether oxygens (including phenoxy) is 3. The van der Waals surface area contributed by atoms with Crippen molar-refractivity contribution in [2.45, 2.75) is 6.29 Å². The molecule has 0 aromatic heterocycles. The zero-order chi connectivity index (χ0) is 10.6. The summed E-state index contributed by atoms with van der Waals surface area (Å²) in [7, 11) is 4.51. The summed E-state index contributed by atoms with van der Waals surface area (Å²) in [6.45, 7) is 0. The Bertz CT molecular complexity index is 294. The van der Waals surface area contributed by atoms with Crippen LogP contribution >= 0.6 is 0 Å². The van der Waals surface area contributed by atoms with Crippen molar-refractivity contribution in [1.29, 1.82) is 0 Å². The van der Waals surface area contributed by atoms with E-state index >= 15 is 0 Å². The van der Waals surface area contributed by atoms with Gasteiger partial charge in [-0.05, 0) is 12.1 Å². The highest BCUT2D eigenvalue weighted by Gasteiger charge is 2.16. The summed E-state index contributed by atoms with van der Waals surface area (Å²) in [5, 5.41) is 9.74. The first-order chi connectivity index (χ1) is 6.74. The van der Waals surface area contributed by atoms with Crippen molar-refractivity contribution in [3.05, 3.63) is 23.8 Å². The Kier molecular flexibility index (Phi) is 3.73. The van der Waals surface area contributed by atoms with Gasteiger partial charge in [0.1, 0.15) is 0 Å². The normalized spacial score (nSPS) is 10.6. The lowest BCUT2D eigenvalue weighted by Crippen LogP contribution is -2.04. The monoisotopic (exact) mass is 198 g/mol. The van der Waals surface area contributed by atoms with Gasteiger partial charge in [-0.2, -0.15) is 0 Å². The van der Waals surface area contributed by atoms with Crippen molar-refractivity contribution in [3.8, 4) is 11.5 Å². The lowest BCUT2D eigenvalue weighted by atomic mass is 10.2. The molecule has 14 heavy (non-hydrogen) atoms. The van der Waals surface area contributed by atoms with E-state index in [1.807, 2.05) is 0 Å². The Hall–Kier alpha value is -1.26. The van der Waals surface area contributed by atoms with Crippen LogP contribution < -0.4 is 4.74 Å². The second-order valence-corrected chi connectivity index (χ2v) is 2.70. The first-order valence-corrected chi connectivity index (χ1v) is 4.16. The molecule has 1 aromatic rings. The summed E-state index contributed by atoms with van der Waals surface area (Å²) in [4.78, 5) is 0. The van der Waals surface area contributed by atoms with E-state index in [2.05, 4.69) is 0 Å². The molecule has 0 aliphatic heterocycles. The first-order valence-electron chi connectivity index (χ1n) is 4.16. The van der Waals surface area contributed by atoms with Gasteiger partial charge in [-0.1, -0.05) is 6.07 Å². The molecule has 0 aliphatic carbocycles. The van der Waals surface area contributed by atoms with E-state index in [1.165, 1.54) is 21.3 Å². The molecule has 0 heterocycles. The zero-order valence-electron chi connectivity index (χ0n) is 8.48. The summed E-state index contributed by atoms with van der Waals surface area (Å²) in [5.74, 6) is 0.449. The van der Waals surface area contributed by atoms with Gasteiger partial charge in [0, 0.05) is 14.2 Å². The van der Waals surface area contributed by atoms with Crippen LogP contribution in [0.25, 0.3) is 0 Å². The minimum Gasteiger partial charge on any atom is -0.504 e. The minimum atomic E-state index is -0.579. The lowest BCUT2D eigenvalue weighted by Gasteiger charge is -2.16. The van der Waals surface area contributed by atoms with Crippen molar-refractivity contribution in [1.82, 2.24) is 0 Å². The lowest BCUT2D eigenvalue weighted by molar-refractivity contribution is -0.107. The van der Waals surface area contributed by atoms with Crippen LogP contribution in [0.15, 0.2) is 18.2 Å². The van der Waals surface area contributed by atoms with E-state index in [0.29, 0.717) is 11.3 Å². The molecular weight excluding hydrogens is 184 g/mol. The Balaban J connectivity index is 3.07. The number of benzene rings is 1. The van der Waals surface area contributed by atoms with Crippen LogP contribution in [-0.4, -0.2) is 26.4 Å². The molecule has 0 aliphatic rings. The van der Waals surface area contributed by atoms with Crippen LogP contribution in [0.5, 0.6) is 11.5 Å². The molecule has 1 aromatic carbocycles. The Morgan fingerprint density at radius 1 is 1.14 bits per heavy atom. The third kappa shape index (κ3) is 1.97. The van der Waals surface area contributed by atoms with Gasteiger partial charge >= 0.3 is 0 Å². The second kappa shape index (κ2) is 4.83. The SMILES string of the molecule is COc1cccc(C(OC)OC)c1O. The number of phenolic OH excluding ortho intramolecular Hbond substituents is 1. The number of phenols is 1. The molecule has 0 saturated carbocycles. The maximum atomic E-state index is 9.74. The number of hydrogen-bond acceptors (Lipinski definition) is 4. The zero-order valence-corrected chi connectivity index (χ0v) is 8.48. The van der Waals surface area contributed by atoms with E-state index in [-0.39, 0.29) is 5.75 Å². The largest absolute Gasteiger partial charge is 0.504 e. The highest BCUT2D eigenvalue weighted by molar-refractivity contribution is 5.45. The predicted octanol–water partition coefficient (Wildman–Crippen LogP) is 1.69. The minimum absolute atomic E-state index is 0.0451. The van der Waals surface area contributed by atoms with Crippen molar-refractivity contribution < 1.29 is 19.3 Å².